The van der Waals surface area contributed by atoms with Gasteiger partial charge in [0.1, 0.15) is 12.7 Å². The van der Waals surface area contributed by atoms with Crippen molar-refractivity contribution < 1.29 is 52.2 Å². The van der Waals surface area contributed by atoms with E-state index in [1.807, 2.05) is 12.2 Å². The topological polar surface area (TPSA) is 155 Å². The summed E-state index contributed by atoms with van der Waals surface area (Å²) in [6, 6.07) is 0. The third-order valence-electron chi connectivity index (χ3n) is 11.4. The minimum atomic E-state index is -4.76. The van der Waals surface area contributed by atoms with Gasteiger partial charge in [0, 0.05) is 19.3 Å². The third kappa shape index (κ3) is 48.2. The highest BCUT2D eigenvalue weighted by molar-refractivity contribution is 7.47. The summed E-state index contributed by atoms with van der Waals surface area (Å²) >= 11 is 0. The normalized spacial score (nSPS) is 13.9. The fourth-order valence-corrected chi connectivity index (χ4v) is 8.09. The van der Waals surface area contributed by atoms with E-state index in [0.717, 1.165) is 83.5 Å². The van der Waals surface area contributed by atoms with E-state index in [-0.39, 0.29) is 25.9 Å². The summed E-state index contributed by atoms with van der Waals surface area (Å²) in [5.74, 6) is -1.57. The van der Waals surface area contributed by atoms with Gasteiger partial charge in [-0.15, -0.1) is 0 Å². The Morgan fingerprint density at radius 3 is 1.24 bits per heavy atom. The smallest absolute Gasteiger partial charge is 0.462 e. The molecule has 12 heteroatoms. The standard InChI is InChI=1S/C56H99O11P/c1-4-7-10-13-16-19-22-25-26-29-32-35-38-41-44-47-56(60)67-53(49-63-54(58)45-42-39-36-33-30-27-23-20-17-14-11-8-5-2)51-65-68(61,62)64-50-52(48-57)66-55(59)46-43-40-37-34-31-28-24-21-18-15-12-9-6-3/h8,11,17,20,25-27,30,36,39,52-53,57H,4-7,9-10,12-16,18-19,21-24,28-29,31-35,37-38,40-51H2,1-3H3,(H,61,62)/b11-8-,20-17-,26-25-,30-27-,39-36-. The number of hydrogen-bond donors (Lipinski definition) is 2. The Bertz CT molecular complexity index is 1370. The zero-order chi connectivity index (χ0) is 49.9. The molecule has 0 aromatic carbocycles. The van der Waals surface area contributed by atoms with Crippen LogP contribution in [0.15, 0.2) is 60.8 Å². The average molecular weight is 979 g/mol. The molecule has 0 aromatic heterocycles. The van der Waals surface area contributed by atoms with Crippen LogP contribution in [-0.2, 0) is 42.2 Å². The molecule has 2 N–H and O–H groups in total. The molecule has 0 amide bonds. The van der Waals surface area contributed by atoms with Gasteiger partial charge in [-0.2, -0.15) is 0 Å². The van der Waals surface area contributed by atoms with Crippen LogP contribution in [0, 0.1) is 0 Å². The largest absolute Gasteiger partial charge is 0.472 e. The SMILES string of the molecule is CC/C=C\C/C=C\C/C=C\C/C=C\CCC(=O)OCC(COP(=O)(O)OCC(CO)OC(=O)CCCCCCCCCCCCCCC)OC(=O)CCCCCCC/C=C\CCCCCCCC. The first-order valence-electron chi connectivity index (χ1n) is 27.2. The molecule has 0 aromatic rings. The molecule has 394 valence electrons. The van der Waals surface area contributed by atoms with Crippen molar-refractivity contribution in [2.24, 2.45) is 0 Å². The number of esters is 3. The van der Waals surface area contributed by atoms with E-state index in [2.05, 4.69) is 69.4 Å². The fourth-order valence-electron chi connectivity index (χ4n) is 7.31. The Balaban J connectivity index is 4.80. The zero-order valence-corrected chi connectivity index (χ0v) is 44.2. The van der Waals surface area contributed by atoms with Crippen molar-refractivity contribution in [3.63, 3.8) is 0 Å². The number of hydrogen-bond acceptors (Lipinski definition) is 10. The van der Waals surface area contributed by atoms with Gasteiger partial charge in [0.15, 0.2) is 6.10 Å². The first kappa shape index (κ1) is 65.2. The Kier molecular flexibility index (Phi) is 48.5. The number of carbonyl (C=O) groups excluding carboxylic acids is 3. The molecular weight excluding hydrogens is 880 g/mol. The number of aliphatic hydroxyl groups is 1. The minimum absolute atomic E-state index is 0.104. The molecule has 3 atom stereocenters. The average Bonchev–Trinajstić information content (AvgIpc) is 3.32. The van der Waals surface area contributed by atoms with E-state index in [4.69, 9.17) is 23.3 Å². The van der Waals surface area contributed by atoms with Crippen LogP contribution in [0.4, 0.5) is 0 Å². The van der Waals surface area contributed by atoms with E-state index in [9.17, 15) is 28.9 Å². The van der Waals surface area contributed by atoms with E-state index >= 15 is 0 Å². The predicted molar refractivity (Wildman–Crippen MR) is 279 cm³/mol. The summed E-state index contributed by atoms with van der Waals surface area (Å²) in [4.78, 5) is 48.3. The quantitative estimate of drug-likeness (QED) is 0.0197. The zero-order valence-electron chi connectivity index (χ0n) is 43.3. The highest BCUT2D eigenvalue weighted by Gasteiger charge is 2.28. The van der Waals surface area contributed by atoms with Crippen LogP contribution in [0.3, 0.4) is 0 Å². The molecule has 0 heterocycles. The minimum Gasteiger partial charge on any atom is -0.462 e. The summed E-state index contributed by atoms with van der Waals surface area (Å²) in [5.41, 5.74) is 0. The number of allylic oxidation sites excluding steroid dienone is 10. The fraction of sp³-hybridized carbons (Fsp3) is 0.768. The number of carbonyl (C=O) groups is 3. The third-order valence-corrected chi connectivity index (χ3v) is 12.4. The van der Waals surface area contributed by atoms with Gasteiger partial charge in [-0.3, -0.25) is 23.4 Å². The monoisotopic (exact) mass is 979 g/mol. The van der Waals surface area contributed by atoms with Gasteiger partial charge in [-0.05, 0) is 70.6 Å². The van der Waals surface area contributed by atoms with Gasteiger partial charge in [-0.25, -0.2) is 4.57 Å². The summed E-state index contributed by atoms with van der Waals surface area (Å²) in [5, 5.41) is 9.78. The highest BCUT2D eigenvalue weighted by atomic mass is 31.2. The lowest BCUT2D eigenvalue weighted by atomic mass is 10.0. The number of unbranched alkanes of at least 4 members (excludes halogenated alkanes) is 23. The Morgan fingerprint density at radius 1 is 0.426 bits per heavy atom. The number of ether oxygens (including phenoxy) is 3. The molecule has 0 aliphatic carbocycles. The Hall–Kier alpha value is -2.82. The second kappa shape index (κ2) is 50.6. The van der Waals surface area contributed by atoms with Gasteiger partial charge in [-0.1, -0.05) is 210 Å². The van der Waals surface area contributed by atoms with Gasteiger partial charge in [0.2, 0.25) is 0 Å². The summed E-state index contributed by atoms with van der Waals surface area (Å²) < 4.78 is 39.3. The number of phosphoric acid groups is 1. The first-order chi connectivity index (χ1) is 33.2. The van der Waals surface area contributed by atoms with E-state index in [1.165, 1.54) is 96.3 Å². The lowest BCUT2D eigenvalue weighted by Gasteiger charge is -2.21. The lowest BCUT2D eigenvalue weighted by Crippen LogP contribution is -2.30. The molecule has 3 unspecified atom stereocenters. The van der Waals surface area contributed by atoms with E-state index in [1.54, 1.807) is 0 Å². The van der Waals surface area contributed by atoms with E-state index in [0.29, 0.717) is 19.3 Å². The molecule has 0 rings (SSSR count). The molecule has 11 nitrogen and oxygen atoms in total. The molecule has 0 spiro atoms. The van der Waals surface area contributed by atoms with Crippen LogP contribution < -0.4 is 0 Å². The van der Waals surface area contributed by atoms with Crippen molar-refractivity contribution in [1.29, 1.82) is 0 Å². The van der Waals surface area contributed by atoms with Crippen molar-refractivity contribution in [3.8, 4) is 0 Å². The molecule has 0 aliphatic heterocycles. The molecule has 0 saturated heterocycles. The van der Waals surface area contributed by atoms with Crippen LogP contribution in [-0.4, -0.2) is 66.5 Å². The second-order valence-electron chi connectivity index (χ2n) is 18.0. The molecule has 0 bridgehead atoms. The maximum atomic E-state index is 12.9. The molecule has 0 radical (unpaired) electrons. The molecule has 0 saturated carbocycles. The molecular formula is C56H99O11P. The number of rotatable bonds is 50. The Labute approximate surface area is 415 Å². The Morgan fingerprint density at radius 2 is 0.794 bits per heavy atom. The van der Waals surface area contributed by atoms with Gasteiger partial charge in [0.05, 0.1) is 19.8 Å². The second-order valence-corrected chi connectivity index (χ2v) is 19.5. The van der Waals surface area contributed by atoms with E-state index < -0.39 is 57.8 Å². The van der Waals surface area contributed by atoms with Crippen molar-refractivity contribution in [2.45, 2.75) is 251 Å². The van der Waals surface area contributed by atoms with Crippen LogP contribution in [0.25, 0.3) is 0 Å². The van der Waals surface area contributed by atoms with Crippen molar-refractivity contribution in [3.05, 3.63) is 60.8 Å². The molecule has 0 aliphatic rings. The van der Waals surface area contributed by atoms with Gasteiger partial charge in [0.25, 0.3) is 0 Å². The molecule has 68 heavy (non-hydrogen) atoms. The van der Waals surface area contributed by atoms with Crippen molar-refractivity contribution >= 4 is 25.7 Å². The van der Waals surface area contributed by atoms with Gasteiger partial charge >= 0.3 is 25.7 Å². The number of phosphoric ester groups is 1. The maximum absolute atomic E-state index is 12.9. The number of aliphatic hydroxyl groups excluding tert-OH is 1. The van der Waals surface area contributed by atoms with Crippen LogP contribution in [0.2, 0.25) is 0 Å². The van der Waals surface area contributed by atoms with Crippen molar-refractivity contribution in [2.75, 3.05) is 26.4 Å². The summed E-state index contributed by atoms with van der Waals surface area (Å²) in [6.07, 6.45) is 53.4. The highest BCUT2D eigenvalue weighted by Crippen LogP contribution is 2.43. The lowest BCUT2D eigenvalue weighted by molar-refractivity contribution is -0.161. The first-order valence-corrected chi connectivity index (χ1v) is 28.7. The molecule has 0 fully saturated rings. The van der Waals surface area contributed by atoms with Crippen LogP contribution >= 0.6 is 7.82 Å². The maximum Gasteiger partial charge on any atom is 0.472 e. The van der Waals surface area contributed by atoms with Crippen molar-refractivity contribution in [1.82, 2.24) is 0 Å². The predicted octanol–water partition coefficient (Wildman–Crippen LogP) is 15.6. The van der Waals surface area contributed by atoms with Gasteiger partial charge < -0.3 is 24.2 Å². The van der Waals surface area contributed by atoms with Crippen LogP contribution in [0.1, 0.15) is 239 Å². The summed E-state index contributed by atoms with van der Waals surface area (Å²) in [7, 11) is -4.76. The van der Waals surface area contributed by atoms with Crippen LogP contribution in [0.5, 0.6) is 0 Å². The summed E-state index contributed by atoms with van der Waals surface area (Å²) in [6.45, 7) is 4.44.